The predicted molar refractivity (Wildman–Crippen MR) is 29.6 cm³/mol. The summed E-state index contributed by atoms with van der Waals surface area (Å²) >= 11 is 0. The molecule has 0 radical (unpaired) electrons. The molecule has 2 aliphatic rings. The smallest absolute Gasteiger partial charge is 0.151 e. The highest BCUT2D eigenvalue weighted by atomic mass is 16.1. The third-order valence-electron chi connectivity index (χ3n) is 2.11. The quantitative estimate of drug-likeness (QED) is 0.434. The van der Waals surface area contributed by atoms with Gasteiger partial charge in [-0.2, -0.15) is 0 Å². The Bertz CT molecular complexity index is 132. The molecule has 8 heavy (non-hydrogen) atoms. The summed E-state index contributed by atoms with van der Waals surface area (Å²) in [6.07, 6.45) is 1.12. The number of hydrogen-bond acceptors (Lipinski definition) is 2. The van der Waals surface area contributed by atoms with Crippen LogP contribution in [0, 0.1) is 5.92 Å². The van der Waals surface area contributed by atoms with Crippen molar-refractivity contribution < 1.29 is 4.79 Å². The molecule has 0 aromatic heterocycles. The van der Waals surface area contributed by atoms with Crippen LogP contribution in [0.15, 0.2) is 0 Å². The summed E-state index contributed by atoms with van der Waals surface area (Å²) in [7, 11) is 0. The summed E-state index contributed by atoms with van der Waals surface area (Å²) in [4.78, 5) is 13.0. The number of ketones is 1. The maximum absolute atomic E-state index is 10.8. The summed E-state index contributed by atoms with van der Waals surface area (Å²) in [6, 6.07) is 0. The SMILES string of the molecule is O=C1CN2CC[C@H]1C2. The zero-order chi connectivity index (χ0) is 5.56. The molecule has 0 N–H and O–H groups in total. The zero-order valence-corrected chi connectivity index (χ0v) is 4.76. The van der Waals surface area contributed by atoms with Gasteiger partial charge in [0.15, 0.2) is 5.78 Å². The van der Waals surface area contributed by atoms with E-state index >= 15 is 0 Å². The molecule has 2 heterocycles. The molecular formula is C6H9NO. The number of carbonyl (C=O) groups is 1. The van der Waals surface area contributed by atoms with Crippen LogP contribution in [-0.4, -0.2) is 30.3 Å². The molecule has 2 rings (SSSR count). The van der Waals surface area contributed by atoms with Gasteiger partial charge in [0.05, 0.1) is 6.54 Å². The fraction of sp³-hybridized carbons (Fsp3) is 0.833. The van der Waals surface area contributed by atoms with Crippen LogP contribution in [-0.2, 0) is 4.79 Å². The zero-order valence-electron chi connectivity index (χ0n) is 4.76. The maximum atomic E-state index is 10.8. The highest BCUT2D eigenvalue weighted by Crippen LogP contribution is 2.23. The third kappa shape index (κ3) is 0.436. The molecule has 0 spiro atoms. The van der Waals surface area contributed by atoms with E-state index in [-0.39, 0.29) is 0 Å². The lowest BCUT2D eigenvalue weighted by Gasteiger charge is -2.08. The van der Waals surface area contributed by atoms with Gasteiger partial charge >= 0.3 is 0 Å². The van der Waals surface area contributed by atoms with Crippen LogP contribution in [0.25, 0.3) is 0 Å². The Labute approximate surface area is 48.5 Å². The summed E-state index contributed by atoms with van der Waals surface area (Å²) in [5, 5.41) is 0. The largest absolute Gasteiger partial charge is 0.298 e. The van der Waals surface area contributed by atoms with Gasteiger partial charge < -0.3 is 0 Å². The van der Waals surface area contributed by atoms with Crippen molar-refractivity contribution in [2.45, 2.75) is 6.42 Å². The lowest BCUT2D eigenvalue weighted by Crippen LogP contribution is -2.22. The van der Waals surface area contributed by atoms with Gasteiger partial charge in [-0.1, -0.05) is 0 Å². The molecule has 0 aliphatic carbocycles. The highest BCUT2D eigenvalue weighted by Gasteiger charge is 2.35. The Kier molecular flexibility index (Phi) is 0.742. The molecule has 2 saturated heterocycles. The van der Waals surface area contributed by atoms with Gasteiger partial charge in [0.1, 0.15) is 0 Å². The topological polar surface area (TPSA) is 20.3 Å². The Morgan fingerprint density at radius 2 is 2.50 bits per heavy atom. The van der Waals surface area contributed by atoms with Crippen LogP contribution >= 0.6 is 0 Å². The normalized spacial score (nSPS) is 43.8. The lowest BCUT2D eigenvalue weighted by molar-refractivity contribution is -0.120. The van der Waals surface area contributed by atoms with Crippen molar-refractivity contribution in [3.8, 4) is 0 Å². The van der Waals surface area contributed by atoms with Gasteiger partial charge in [-0.15, -0.1) is 0 Å². The molecule has 0 amide bonds. The molecule has 2 nitrogen and oxygen atoms in total. The van der Waals surface area contributed by atoms with Crippen molar-refractivity contribution in [1.29, 1.82) is 0 Å². The van der Waals surface area contributed by atoms with Crippen LogP contribution in [0.4, 0.5) is 0 Å². The molecule has 0 saturated carbocycles. The second kappa shape index (κ2) is 1.32. The minimum atomic E-state index is 0.426. The molecule has 2 fully saturated rings. The third-order valence-corrected chi connectivity index (χ3v) is 2.11. The summed E-state index contributed by atoms with van der Waals surface area (Å²) in [5.74, 6) is 0.895. The molecular weight excluding hydrogens is 102 g/mol. The molecule has 0 aromatic carbocycles. The summed E-state index contributed by atoms with van der Waals surface area (Å²) < 4.78 is 0. The van der Waals surface area contributed by atoms with Crippen molar-refractivity contribution in [2.24, 2.45) is 5.92 Å². The first-order valence-corrected chi connectivity index (χ1v) is 3.11. The van der Waals surface area contributed by atoms with Gasteiger partial charge in [-0.25, -0.2) is 0 Å². The number of fused-ring (bicyclic) bond motifs is 2. The summed E-state index contributed by atoms with van der Waals surface area (Å²) in [6.45, 7) is 2.96. The van der Waals surface area contributed by atoms with E-state index in [1.807, 2.05) is 0 Å². The van der Waals surface area contributed by atoms with Crippen LogP contribution in [0.3, 0.4) is 0 Å². The first-order valence-electron chi connectivity index (χ1n) is 3.11. The van der Waals surface area contributed by atoms with E-state index < -0.39 is 0 Å². The van der Waals surface area contributed by atoms with Crippen LogP contribution in [0.2, 0.25) is 0 Å². The first kappa shape index (κ1) is 4.50. The van der Waals surface area contributed by atoms with Crippen molar-refractivity contribution in [1.82, 2.24) is 4.90 Å². The van der Waals surface area contributed by atoms with E-state index in [1.165, 1.54) is 0 Å². The van der Waals surface area contributed by atoms with Gasteiger partial charge in [-0.3, -0.25) is 9.69 Å². The Morgan fingerprint density at radius 1 is 1.62 bits per heavy atom. The van der Waals surface area contributed by atoms with E-state index in [4.69, 9.17) is 0 Å². The number of rotatable bonds is 0. The molecule has 2 bridgehead atoms. The predicted octanol–water partition coefficient (Wildman–Crippen LogP) is -0.109. The Morgan fingerprint density at radius 3 is 2.75 bits per heavy atom. The van der Waals surface area contributed by atoms with Crippen molar-refractivity contribution in [3.05, 3.63) is 0 Å². The van der Waals surface area contributed by atoms with Gasteiger partial charge in [0.25, 0.3) is 0 Å². The van der Waals surface area contributed by atoms with Crippen molar-refractivity contribution >= 4 is 5.78 Å². The fourth-order valence-electron chi connectivity index (χ4n) is 1.59. The van der Waals surface area contributed by atoms with Gasteiger partial charge in [0, 0.05) is 12.5 Å². The van der Waals surface area contributed by atoms with E-state index in [0.29, 0.717) is 11.7 Å². The average Bonchev–Trinajstić information content (AvgIpc) is 2.23. The van der Waals surface area contributed by atoms with Crippen molar-refractivity contribution in [2.75, 3.05) is 19.6 Å². The number of carbonyl (C=O) groups excluding carboxylic acids is 1. The standard InChI is InChI=1S/C6H9NO/c8-6-4-7-2-1-5(6)3-7/h5H,1-4H2/t5-/m0/s1. The minimum Gasteiger partial charge on any atom is -0.298 e. The molecule has 1 unspecified atom stereocenters. The molecule has 2 atom stereocenters. The summed E-state index contributed by atoms with van der Waals surface area (Å²) in [5.41, 5.74) is 0. The van der Waals surface area contributed by atoms with E-state index in [0.717, 1.165) is 26.1 Å². The second-order valence-corrected chi connectivity index (χ2v) is 2.69. The minimum absolute atomic E-state index is 0.426. The van der Waals surface area contributed by atoms with Crippen LogP contribution in [0.1, 0.15) is 6.42 Å². The lowest BCUT2D eigenvalue weighted by atomic mass is 10.1. The van der Waals surface area contributed by atoms with Gasteiger partial charge in [-0.05, 0) is 13.0 Å². The van der Waals surface area contributed by atoms with E-state index in [9.17, 15) is 4.79 Å². The second-order valence-electron chi connectivity index (χ2n) is 2.69. The number of hydrogen-bond donors (Lipinski definition) is 0. The van der Waals surface area contributed by atoms with Crippen molar-refractivity contribution in [3.63, 3.8) is 0 Å². The number of Topliss-reactive ketones (excluding diaryl/α,β-unsaturated/α-hetero) is 1. The van der Waals surface area contributed by atoms with E-state index in [1.54, 1.807) is 0 Å². The molecule has 2 aliphatic heterocycles. The van der Waals surface area contributed by atoms with Crippen LogP contribution in [0.5, 0.6) is 0 Å². The van der Waals surface area contributed by atoms with E-state index in [2.05, 4.69) is 4.90 Å². The maximum Gasteiger partial charge on any atom is 0.151 e. The monoisotopic (exact) mass is 111 g/mol. The van der Waals surface area contributed by atoms with Crippen LogP contribution < -0.4 is 0 Å². The number of nitrogens with zero attached hydrogens (tertiary/aromatic N) is 1. The van der Waals surface area contributed by atoms with Gasteiger partial charge in [0.2, 0.25) is 0 Å². The Hall–Kier alpha value is -0.370. The Balaban J connectivity index is 2.22. The fourth-order valence-corrected chi connectivity index (χ4v) is 1.59. The molecule has 44 valence electrons. The molecule has 0 aromatic rings. The first-order chi connectivity index (χ1) is 3.86. The average molecular weight is 111 g/mol. The molecule has 2 heteroatoms. The highest BCUT2D eigenvalue weighted by molar-refractivity contribution is 5.86. The number of piperidine rings is 1.